The summed E-state index contributed by atoms with van der Waals surface area (Å²) in [6.45, 7) is 0.822. The van der Waals surface area contributed by atoms with Crippen molar-refractivity contribution in [2.24, 2.45) is 0 Å². The smallest absolute Gasteiger partial charge is 0.292 e. The molecule has 0 amide bonds. The van der Waals surface area contributed by atoms with Crippen LogP contribution in [0.4, 0.5) is 6.01 Å². The third kappa shape index (κ3) is 2.92. The summed E-state index contributed by atoms with van der Waals surface area (Å²) in [5.74, 6) is 0.879. The molecule has 1 atom stereocenters. The summed E-state index contributed by atoms with van der Waals surface area (Å²) in [5.41, 5.74) is 13.4. The Kier molecular flexibility index (Phi) is 3.62. The molecule has 1 heterocycles. The highest BCUT2D eigenvalue weighted by Gasteiger charge is 2.32. The van der Waals surface area contributed by atoms with Gasteiger partial charge in [0.2, 0.25) is 0 Å². The molecule has 3 aromatic carbocycles. The summed E-state index contributed by atoms with van der Waals surface area (Å²) in [4.78, 5) is 4.21. The van der Waals surface area contributed by atoms with Gasteiger partial charge in [-0.2, -0.15) is 4.98 Å². The van der Waals surface area contributed by atoms with E-state index in [1.807, 2.05) is 30.3 Å². The molecule has 1 aromatic heterocycles. The lowest BCUT2D eigenvalue weighted by Crippen LogP contribution is -2.10. The van der Waals surface area contributed by atoms with Crippen LogP contribution in [-0.2, 0) is 6.54 Å². The highest BCUT2D eigenvalue weighted by molar-refractivity contribution is 5.82. The van der Waals surface area contributed by atoms with E-state index in [9.17, 15) is 0 Å². The highest BCUT2D eigenvalue weighted by Crippen LogP contribution is 2.43. The molecule has 5 rings (SSSR count). The van der Waals surface area contributed by atoms with Gasteiger partial charge in [0.1, 0.15) is 11.3 Å². The number of rotatable bonds is 5. The molecule has 0 unspecified atom stereocenters. The number of hydrogen-bond donors (Lipinski definition) is 2. The van der Waals surface area contributed by atoms with Crippen molar-refractivity contribution >= 4 is 17.1 Å². The maximum Gasteiger partial charge on any atom is 0.292 e. The van der Waals surface area contributed by atoms with Crippen LogP contribution in [0.5, 0.6) is 5.75 Å². The molecule has 0 radical (unpaired) electrons. The zero-order valence-corrected chi connectivity index (χ0v) is 14.9. The Morgan fingerprint density at radius 2 is 1.78 bits per heavy atom. The predicted molar refractivity (Wildman–Crippen MR) is 106 cm³/mol. The van der Waals surface area contributed by atoms with Crippen molar-refractivity contribution in [2.45, 2.75) is 12.6 Å². The topological polar surface area (TPSA) is 73.3 Å². The van der Waals surface area contributed by atoms with E-state index >= 15 is 0 Å². The number of nitrogens with one attached hydrogen (secondary N) is 1. The van der Waals surface area contributed by atoms with Crippen LogP contribution in [0.25, 0.3) is 22.2 Å². The number of anilines is 1. The van der Waals surface area contributed by atoms with Crippen LogP contribution in [0.1, 0.15) is 22.7 Å². The molecule has 0 saturated carbocycles. The molecule has 27 heavy (non-hydrogen) atoms. The number of nitrogens with zero attached hydrogens (tertiary/aromatic N) is 1. The number of nitrogens with two attached hydrogens (primary N) is 1. The van der Waals surface area contributed by atoms with E-state index in [0.717, 1.165) is 23.4 Å². The first kappa shape index (κ1) is 15.9. The molecule has 0 bridgehead atoms. The molecule has 134 valence electrons. The molecule has 5 heteroatoms. The summed E-state index contributed by atoms with van der Waals surface area (Å²) < 4.78 is 10.6. The molecule has 0 spiro atoms. The molecule has 0 fully saturated rings. The fourth-order valence-corrected chi connectivity index (χ4v) is 3.50. The zero-order chi connectivity index (χ0) is 18.4. The average molecular weight is 357 g/mol. The second kappa shape index (κ2) is 6.14. The molecule has 1 aliphatic carbocycles. The van der Waals surface area contributed by atoms with Gasteiger partial charge in [-0.25, -0.2) is 0 Å². The van der Waals surface area contributed by atoms with Gasteiger partial charge in [-0.05, 0) is 58.1 Å². The fraction of sp³-hybridized carbons (Fsp3) is 0.136. The summed E-state index contributed by atoms with van der Waals surface area (Å²) >= 11 is 0. The van der Waals surface area contributed by atoms with Crippen molar-refractivity contribution < 1.29 is 9.15 Å². The Hall–Kier alpha value is -3.31. The zero-order valence-electron chi connectivity index (χ0n) is 14.9. The average Bonchev–Trinajstić information content (AvgIpc) is 3.26. The predicted octanol–water partition coefficient (Wildman–Crippen LogP) is 4.28. The van der Waals surface area contributed by atoms with Gasteiger partial charge in [-0.3, -0.25) is 0 Å². The number of ether oxygens (including phenoxy) is 1. The van der Waals surface area contributed by atoms with E-state index in [2.05, 4.69) is 40.6 Å². The van der Waals surface area contributed by atoms with E-state index < -0.39 is 0 Å². The lowest BCUT2D eigenvalue weighted by atomic mass is 10.1. The second-order valence-electron chi connectivity index (χ2n) is 6.74. The van der Waals surface area contributed by atoms with Crippen molar-refractivity contribution in [3.05, 3.63) is 77.4 Å². The molecular formula is C22H19N3O2. The first-order valence-corrected chi connectivity index (χ1v) is 8.88. The first-order chi connectivity index (χ1) is 13.2. The minimum atomic E-state index is 0.199. The van der Waals surface area contributed by atoms with Gasteiger partial charge < -0.3 is 20.2 Å². The minimum Gasteiger partial charge on any atom is -0.497 e. The fourth-order valence-electron chi connectivity index (χ4n) is 3.50. The molecule has 1 aliphatic rings. The maximum absolute atomic E-state index is 5.63. The second-order valence-corrected chi connectivity index (χ2v) is 6.74. The Balaban J connectivity index is 1.31. The van der Waals surface area contributed by atoms with Gasteiger partial charge in [0.25, 0.3) is 6.01 Å². The minimum absolute atomic E-state index is 0.199. The number of fused-ring (bicyclic) bond motifs is 2. The first-order valence-electron chi connectivity index (χ1n) is 8.88. The van der Waals surface area contributed by atoms with Crippen LogP contribution in [0, 0.1) is 0 Å². The monoisotopic (exact) mass is 357 g/mol. The van der Waals surface area contributed by atoms with Crippen molar-refractivity contribution in [3.8, 4) is 16.9 Å². The van der Waals surface area contributed by atoms with Crippen LogP contribution >= 0.6 is 0 Å². The summed E-state index contributed by atoms with van der Waals surface area (Å²) in [6, 6.07) is 21.2. The number of aromatic nitrogens is 1. The van der Waals surface area contributed by atoms with Gasteiger partial charge in [0, 0.05) is 6.54 Å². The van der Waals surface area contributed by atoms with E-state index in [-0.39, 0.29) is 6.01 Å². The molecule has 0 aliphatic heterocycles. The maximum atomic E-state index is 5.63. The summed E-state index contributed by atoms with van der Waals surface area (Å²) in [6.07, 6.45) is 0. The van der Waals surface area contributed by atoms with Crippen LogP contribution in [0.2, 0.25) is 0 Å². The number of oxazole rings is 1. The number of nitrogen functional groups attached to an aromatic ring is 1. The molecular weight excluding hydrogens is 338 g/mol. The lowest BCUT2D eigenvalue weighted by molar-refractivity contribution is 0.414. The van der Waals surface area contributed by atoms with E-state index in [0.29, 0.717) is 11.6 Å². The number of methoxy groups -OCH3 is 1. The SMILES string of the molecule is COc1ccc(CN[C@H]2c3ccc(-c4ccc5oc(N)nc5c4)cc32)cc1. The van der Waals surface area contributed by atoms with Gasteiger partial charge in [0.05, 0.1) is 13.2 Å². The Morgan fingerprint density at radius 1 is 1.00 bits per heavy atom. The van der Waals surface area contributed by atoms with Crippen molar-refractivity contribution in [1.82, 2.24) is 10.3 Å². The lowest BCUT2D eigenvalue weighted by Gasteiger charge is -2.04. The van der Waals surface area contributed by atoms with Gasteiger partial charge in [-0.15, -0.1) is 0 Å². The molecule has 0 saturated heterocycles. The van der Waals surface area contributed by atoms with E-state index in [1.54, 1.807) is 7.11 Å². The Labute approximate surface area is 156 Å². The summed E-state index contributed by atoms with van der Waals surface area (Å²) in [5, 5.41) is 3.60. The van der Waals surface area contributed by atoms with Crippen molar-refractivity contribution in [2.75, 3.05) is 12.8 Å². The third-order valence-electron chi connectivity index (χ3n) is 5.03. The largest absolute Gasteiger partial charge is 0.497 e. The quantitative estimate of drug-likeness (QED) is 0.558. The normalized spacial score (nSPS) is 14.9. The summed E-state index contributed by atoms with van der Waals surface area (Å²) in [7, 11) is 1.68. The van der Waals surface area contributed by atoms with Crippen LogP contribution in [0.3, 0.4) is 0 Å². The highest BCUT2D eigenvalue weighted by atomic mass is 16.5. The van der Waals surface area contributed by atoms with Crippen LogP contribution in [-0.4, -0.2) is 12.1 Å². The Bertz CT molecular complexity index is 1130. The number of hydrogen-bond acceptors (Lipinski definition) is 5. The molecule has 5 nitrogen and oxygen atoms in total. The third-order valence-corrected chi connectivity index (χ3v) is 5.03. The van der Waals surface area contributed by atoms with E-state index in [1.165, 1.54) is 22.3 Å². The van der Waals surface area contributed by atoms with Gasteiger partial charge in [0.15, 0.2) is 5.58 Å². The van der Waals surface area contributed by atoms with Crippen molar-refractivity contribution in [3.63, 3.8) is 0 Å². The van der Waals surface area contributed by atoms with Gasteiger partial charge >= 0.3 is 0 Å². The van der Waals surface area contributed by atoms with Crippen LogP contribution < -0.4 is 15.8 Å². The molecule has 3 N–H and O–H groups in total. The van der Waals surface area contributed by atoms with E-state index in [4.69, 9.17) is 14.9 Å². The van der Waals surface area contributed by atoms with Gasteiger partial charge in [-0.1, -0.05) is 30.3 Å². The Morgan fingerprint density at radius 3 is 2.59 bits per heavy atom. The van der Waals surface area contributed by atoms with Crippen LogP contribution in [0.15, 0.2) is 65.1 Å². The standard InChI is InChI=1S/C22H19N3O2/c1-26-16-6-2-13(3-7-16)12-24-21-17-8-4-14(10-18(17)21)15-5-9-20-19(11-15)25-22(23)27-20/h2-11,21,24H,12H2,1H3,(H2,23,25)/t21-/m0/s1. The molecule has 4 aromatic rings. The number of benzene rings is 3. The van der Waals surface area contributed by atoms with Crippen molar-refractivity contribution in [1.29, 1.82) is 0 Å².